The van der Waals surface area contributed by atoms with E-state index in [1.54, 1.807) is 18.2 Å². The summed E-state index contributed by atoms with van der Waals surface area (Å²) in [7, 11) is 0. The van der Waals surface area contributed by atoms with Crippen LogP contribution in [0.1, 0.15) is 10.4 Å². The van der Waals surface area contributed by atoms with Crippen molar-refractivity contribution in [1.82, 2.24) is 0 Å². The van der Waals surface area contributed by atoms with Crippen molar-refractivity contribution in [2.24, 2.45) is 0 Å². The highest BCUT2D eigenvalue weighted by Gasteiger charge is 2.17. The minimum atomic E-state index is 0.494. The number of benzene rings is 1. The van der Waals surface area contributed by atoms with E-state index in [0.29, 0.717) is 20.6 Å². The number of anilines is 1. The van der Waals surface area contributed by atoms with Crippen LogP contribution >= 0.6 is 34.5 Å². The molecule has 1 aromatic heterocycles. The van der Waals surface area contributed by atoms with Gasteiger partial charge in [-0.1, -0.05) is 29.3 Å². The number of nitrogens with zero attached hydrogens (tertiary/aromatic N) is 1. The second kappa shape index (κ2) is 4.58. The molecule has 2 rings (SSSR count). The zero-order chi connectivity index (χ0) is 12.6. The summed E-state index contributed by atoms with van der Waals surface area (Å²) in [5, 5.41) is 10.1. The smallest absolute Gasteiger partial charge is 0.128 e. The summed E-state index contributed by atoms with van der Waals surface area (Å²) >= 11 is 13.6. The summed E-state index contributed by atoms with van der Waals surface area (Å²) in [5.74, 6) is 0. The minimum absolute atomic E-state index is 0.494. The zero-order valence-electron chi connectivity index (χ0n) is 8.92. The van der Waals surface area contributed by atoms with E-state index in [0.717, 1.165) is 16.0 Å². The molecular formula is C12H8Cl2N2S. The molecule has 0 aliphatic carbocycles. The van der Waals surface area contributed by atoms with Crippen molar-refractivity contribution in [3.63, 3.8) is 0 Å². The number of hydrogen-bond donors (Lipinski definition) is 1. The van der Waals surface area contributed by atoms with E-state index >= 15 is 0 Å². The lowest BCUT2D eigenvalue weighted by Crippen LogP contribution is -1.88. The van der Waals surface area contributed by atoms with Crippen molar-refractivity contribution in [1.29, 1.82) is 5.26 Å². The molecule has 2 aromatic rings. The van der Waals surface area contributed by atoms with Gasteiger partial charge < -0.3 is 5.73 Å². The van der Waals surface area contributed by atoms with Crippen LogP contribution in [0.2, 0.25) is 10.0 Å². The van der Waals surface area contributed by atoms with Crippen molar-refractivity contribution >= 4 is 40.2 Å². The average Bonchev–Trinajstić information content (AvgIpc) is 2.57. The standard InChI is InChI=1S/C12H8Cl2N2S/c1-6-11(16)9(5-15)17-12(6)10-7(13)3-2-4-8(10)14/h2-4H,16H2,1H3. The molecule has 0 bridgehead atoms. The SMILES string of the molecule is Cc1c(-c2c(Cl)cccc2Cl)sc(C#N)c1N. The van der Waals surface area contributed by atoms with Gasteiger partial charge in [-0.15, -0.1) is 11.3 Å². The second-order valence-electron chi connectivity index (χ2n) is 3.51. The second-order valence-corrected chi connectivity index (χ2v) is 5.34. The van der Waals surface area contributed by atoms with Crippen LogP contribution in [0.25, 0.3) is 10.4 Å². The Morgan fingerprint density at radius 3 is 2.35 bits per heavy atom. The lowest BCUT2D eigenvalue weighted by Gasteiger charge is -2.05. The van der Waals surface area contributed by atoms with Gasteiger partial charge in [0.15, 0.2) is 0 Å². The Balaban J connectivity index is 2.74. The molecule has 0 unspecified atom stereocenters. The van der Waals surface area contributed by atoms with Crippen LogP contribution in [0.15, 0.2) is 18.2 Å². The molecule has 0 amide bonds. The Hall–Kier alpha value is -1.21. The van der Waals surface area contributed by atoms with E-state index in [4.69, 9.17) is 34.2 Å². The molecule has 86 valence electrons. The first-order valence-electron chi connectivity index (χ1n) is 4.79. The monoisotopic (exact) mass is 282 g/mol. The number of nitriles is 1. The summed E-state index contributed by atoms with van der Waals surface area (Å²) in [6, 6.07) is 7.39. The Morgan fingerprint density at radius 2 is 1.88 bits per heavy atom. The zero-order valence-corrected chi connectivity index (χ0v) is 11.2. The molecule has 0 aliphatic heterocycles. The van der Waals surface area contributed by atoms with Crippen LogP contribution in [-0.4, -0.2) is 0 Å². The van der Waals surface area contributed by atoms with E-state index in [-0.39, 0.29) is 0 Å². The maximum atomic E-state index is 8.96. The summed E-state index contributed by atoms with van der Waals surface area (Å²) in [6.45, 7) is 1.86. The van der Waals surface area contributed by atoms with Gasteiger partial charge in [-0.3, -0.25) is 0 Å². The van der Waals surface area contributed by atoms with Gasteiger partial charge in [-0.05, 0) is 24.6 Å². The average molecular weight is 283 g/mol. The molecule has 0 fully saturated rings. The maximum Gasteiger partial charge on any atom is 0.128 e. The Morgan fingerprint density at radius 1 is 1.29 bits per heavy atom. The van der Waals surface area contributed by atoms with Gasteiger partial charge in [-0.25, -0.2) is 0 Å². The highest BCUT2D eigenvalue weighted by molar-refractivity contribution is 7.17. The highest BCUT2D eigenvalue weighted by Crippen LogP contribution is 2.43. The lowest BCUT2D eigenvalue weighted by atomic mass is 10.1. The summed E-state index contributed by atoms with van der Waals surface area (Å²) in [6.07, 6.45) is 0. The fourth-order valence-corrected chi connectivity index (χ4v) is 3.36. The van der Waals surface area contributed by atoms with E-state index in [1.807, 2.05) is 6.92 Å². The first kappa shape index (κ1) is 12.3. The molecule has 0 radical (unpaired) electrons. The van der Waals surface area contributed by atoms with E-state index < -0.39 is 0 Å². The molecule has 2 N–H and O–H groups in total. The molecule has 0 spiro atoms. The third kappa shape index (κ3) is 2.00. The molecule has 0 saturated carbocycles. The van der Waals surface area contributed by atoms with Crippen molar-refractivity contribution in [3.05, 3.63) is 38.7 Å². The number of rotatable bonds is 1. The summed E-state index contributed by atoms with van der Waals surface area (Å²) < 4.78 is 0. The quantitative estimate of drug-likeness (QED) is 0.838. The van der Waals surface area contributed by atoms with Crippen LogP contribution in [0, 0.1) is 18.3 Å². The van der Waals surface area contributed by atoms with Crippen LogP contribution < -0.4 is 5.73 Å². The molecule has 0 saturated heterocycles. The molecule has 0 aliphatic rings. The van der Waals surface area contributed by atoms with Crippen LogP contribution in [-0.2, 0) is 0 Å². The van der Waals surface area contributed by atoms with Crippen molar-refractivity contribution in [2.45, 2.75) is 6.92 Å². The van der Waals surface area contributed by atoms with Crippen LogP contribution in [0.5, 0.6) is 0 Å². The predicted molar refractivity (Wildman–Crippen MR) is 73.6 cm³/mol. The normalized spacial score (nSPS) is 10.2. The van der Waals surface area contributed by atoms with E-state index in [2.05, 4.69) is 6.07 Å². The number of halogens is 2. The molecule has 2 nitrogen and oxygen atoms in total. The Labute approximate surface area is 113 Å². The minimum Gasteiger partial charge on any atom is -0.397 e. The molecule has 0 atom stereocenters. The fraction of sp³-hybridized carbons (Fsp3) is 0.0833. The molecule has 5 heteroatoms. The Kier molecular flexibility index (Phi) is 3.30. The van der Waals surface area contributed by atoms with Gasteiger partial charge in [0, 0.05) is 10.4 Å². The number of nitrogen functional groups attached to an aromatic ring is 1. The van der Waals surface area contributed by atoms with Crippen molar-refractivity contribution in [2.75, 3.05) is 5.73 Å². The summed E-state index contributed by atoms with van der Waals surface area (Å²) in [5.41, 5.74) is 7.95. The topological polar surface area (TPSA) is 49.8 Å². The number of nitrogens with two attached hydrogens (primary N) is 1. The van der Waals surface area contributed by atoms with Crippen LogP contribution in [0.3, 0.4) is 0 Å². The van der Waals surface area contributed by atoms with Gasteiger partial charge >= 0.3 is 0 Å². The Bertz CT molecular complexity index is 606. The van der Waals surface area contributed by atoms with Crippen LogP contribution in [0.4, 0.5) is 5.69 Å². The summed E-state index contributed by atoms with van der Waals surface area (Å²) in [4.78, 5) is 1.35. The van der Waals surface area contributed by atoms with Crippen molar-refractivity contribution in [3.8, 4) is 16.5 Å². The third-order valence-electron chi connectivity index (χ3n) is 2.48. The first-order chi connectivity index (χ1) is 8.06. The number of thiophene rings is 1. The largest absolute Gasteiger partial charge is 0.397 e. The third-order valence-corrected chi connectivity index (χ3v) is 4.34. The van der Waals surface area contributed by atoms with Gasteiger partial charge in [0.05, 0.1) is 15.7 Å². The molecular weight excluding hydrogens is 275 g/mol. The van der Waals surface area contributed by atoms with Gasteiger partial charge in [0.1, 0.15) is 10.9 Å². The number of hydrogen-bond acceptors (Lipinski definition) is 3. The van der Waals surface area contributed by atoms with Gasteiger partial charge in [-0.2, -0.15) is 5.26 Å². The molecule has 1 heterocycles. The fourth-order valence-electron chi connectivity index (χ4n) is 1.56. The molecule has 17 heavy (non-hydrogen) atoms. The maximum absolute atomic E-state index is 8.96. The van der Waals surface area contributed by atoms with E-state index in [9.17, 15) is 0 Å². The van der Waals surface area contributed by atoms with E-state index in [1.165, 1.54) is 11.3 Å². The predicted octanol–water partition coefficient (Wildman–Crippen LogP) is 4.48. The molecule has 1 aromatic carbocycles. The first-order valence-corrected chi connectivity index (χ1v) is 6.36. The van der Waals surface area contributed by atoms with Gasteiger partial charge in [0.25, 0.3) is 0 Å². The van der Waals surface area contributed by atoms with Gasteiger partial charge in [0.2, 0.25) is 0 Å². The lowest BCUT2D eigenvalue weighted by molar-refractivity contribution is 1.49. The highest BCUT2D eigenvalue weighted by atomic mass is 35.5. The van der Waals surface area contributed by atoms with Crippen molar-refractivity contribution < 1.29 is 0 Å².